The van der Waals surface area contributed by atoms with Gasteiger partial charge in [0, 0.05) is 5.20 Å². The van der Waals surface area contributed by atoms with E-state index < -0.39 is 20.7 Å². The van der Waals surface area contributed by atoms with Crippen LogP contribution in [0, 0.1) is 0 Å². The van der Waals surface area contributed by atoms with E-state index in [2.05, 4.69) is 39.3 Å². The number of Topliss-reactive ketones (excluding diaryl/α,β-unsaturated/α-hetero) is 1. The van der Waals surface area contributed by atoms with Crippen molar-refractivity contribution in [3.63, 3.8) is 0 Å². The molecule has 0 atom stereocenters. The highest BCUT2D eigenvalue weighted by Crippen LogP contribution is 2.43. The van der Waals surface area contributed by atoms with Crippen molar-refractivity contribution >= 4 is 45.1 Å². The van der Waals surface area contributed by atoms with Crippen LogP contribution in [0.1, 0.15) is 0 Å². The van der Waals surface area contributed by atoms with Crippen molar-refractivity contribution < 1.29 is 9.53 Å². The van der Waals surface area contributed by atoms with E-state index in [1.54, 1.807) is 0 Å². The summed E-state index contributed by atoms with van der Waals surface area (Å²) in [7, 11) is -3.50. The number of rotatable bonds is 2. The molecule has 0 radical (unpaired) electrons. The van der Waals surface area contributed by atoms with Gasteiger partial charge in [-0.1, -0.05) is 39.3 Å². The maximum absolute atomic E-state index is 12.1. The van der Waals surface area contributed by atoms with Gasteiger partial charge in [0.25, 0.3) is 0 Å². The molecule has 1 rings (SSSR count). The predicted octanol–water partition coefficient (Wildman–Crippen LogP) is 3.73. The van der Waals surface area contributed by atoms with Crippen LogP contribution in [0.25, 0.3) is 0 Å². The van der Waals surface area contributed by atoms with Gasteiger partial charge in [-0.3, -0.25) is 4.79 Å². The van der Waals surface area contributed by atoms with Crippen LogP contribution in [0.2, 0.25) is 39.3 Å². The summed E-state index contributed by atoms with van der Waals surface area (Å²) in [5, 5.41) is 1.58. The fourth-order valence-electron chi connectivity index (χ4n) is 1.68. The van der Waals surface area contributed by atoms with Crippen LogP contribution < -0.4 is 0 Å². The Labute approximate surface area is 109 Å². The summed E-state index contributed by atoms with van der Waals surface area (Å²) in [6.45, 7) is 12.7. The van der Waals surface area contributed by atoms with Gasteiger partial charge < -0.3 is 4.74 Å². The lowest BCUT2D eigenvalue weighted by molar-refractivity contribution is -0.119. The van der Waals surface area contributed by atoms with Crippen LogP contribution in [0.5, 0.6) is 0 Å². The highest BCUT2D eigenvalue weighted by molar-refractivity contribution is 6.93. The summed E-state index contributed by atoms with van der Waals surface area (Å²) < 4.78 is 3.83. The Bertz CT molecular complexity index is 362. The van der Waals surface area contributed by atoms with Crippen molar-refractivity contribution in [2.75, 3.05) is 0 Å². The number of carbonyl (C=O) groups is 1. The number of halogens is 2. The summed E-state index contributed by atoms with van der Waals surface area (Å²) in [5.41, 5.74) is 0. The second-order valence-corrected chi connectivity index (χ2v) is 17.4. The van der Waals surface area contributed by atoms with Crippen LogP contribution in [0.3, 0.4) is 0 Å². The molecule has 1 aliphatic heterocycles. The van der Waals surface area contributed by atoms with E-state index in [1.165, 1.54) is 0 Å². The van der Waals surface area contributed by atoms with Crippen molar-refractivity contribution in [1.29, 1.82) is 0 Å². The average Bonchev–Trinajstić information content (AvgIpc) is 2.20. The lowest BCUT2D eigenvalue weighted by atomic mass is 10.4. The molecule has 0 bridgehead atoms. The van der Waals surface area contributed by atoms with Gasteiger partial charge in [-0.25, -0.2) is 0 Å². The first-order chi connectivity index (χ1) is 6.87. The van der Waals surface area contributed by atoms with Crippen molar-refractivity contribution in [3.8, 4) is 0 Å². The van der Waals surface area contributed by atoms with E-state index in [4.69, 9.17) is 27.9 Å². The molecule has 92 valence electrons. The quantitative estimate of drug-likeness (QED) is 0.573. The zero-order valence-electron chi connectivity index (χ0n) is 10.6. The van der Waals surface area contributed by atoms with Crippen molar-refractivity contribution in [2.45, 2.75) is 43.8 Å². The SMILES string of the molecule is C[Si](C)(C)C1=C([Si](C)(C)C)C(=O)C(Cl)(Cl)O1. The topological polar surface area (TPSA) is 26.3 Å². The first kappa shape index (κ1) is 14.3. The molecule has 0 aromatic rings. The number of ether oxygens (including phenoxy) is 1. The molecule has 0 fully saturated rings. The molecular weight excluding hydrogens is 279 g/mol. The maximum atomic E-state index is 12.1. The summed E-state index contributed by atoms with van der Waals surface area (Å²) in [4.78, 5) is 12.1. The first-order valence-electron chi connectivity index (χ1n) is 5.24. The number of hydrogen-bond acceptors (Lipinski definition) is 2. The zero-order chi connectivity index (χ0) is 12.9. The highest BCUT2D eigenvalue weighted by atomic mass is 35.5. The number of carbonyl (C=O) groups excluding carboxylic acids is 1. The van der Waals surface area contributed by atoms with Crippen LogP contribution in [0.15, 0.2) is 10.6 Å². The minimum atomic E-state index is -1.78. The molecule has 0 aromatic carbocycles. The summed E-state index contributed by atoms with van der Waals surface area (Å²) in [6, 6.07) is 0. The van der Waals surface area contributed by atoms with E-state index in [-0.39, 0.29) is 5.78 Å². The Kier molecular flexibility index (Phi) is 3.45. The fraction of sp³-hybridized carbons (Fsp3) is 0.700. The summed E-state index contributed by atoms with van der Waals surface area (Å²) in [5.74, 6) is -0.243. The Morgan fingerprint density at radius 1 is 1.00 bits per heavy atom. The van der Waals surface area contributed by atoms with Crippen molar-refractivity contribution in [3.05, 3.63) is 10.6 Å². The minimum Gasteiger partial charge on any atom is -0.461 e. The third kappa shape index (κ3) is 2.55. The van der Waals surface area contributed by atoms with Gasteiger partial charge in [-0.2, -0.15) is 0 Å². The Morgan fingerprint density at radius 3 is 1.69 bits per heavy atom. The van der Waals surface area contributed by atoms with E-state index in [9.17, 15) is 4.79 Å². The lowest BCUT2D eigenvalue weighted by Gasteiger charge is -2.23. The molecule has 0 saturated heterocycles. The zero-order valence-corrected chi connectivity index (χ0v) is 14.1. The maximum Gasteiger partial charge on any atom is 0.321 e. The molecule has 16 heavy (non-hydrogen) atoms. The standard InChI is InChI=1S/C10H18Cl2O2Si2/c1-15(2,3)7-8(13)10(11,12)14-9(7)16(4,5)6/h1-6H3. The summed E-state index contributed by atoms with van der Waals surface area (Å²) in [6.07, 6.45) is 0. The summed E-state index contributed by atoms with van der Waals surface area (Å²) >= 11 is 11.8. The van der Waals surface area contributed by atoms with Crippen LogP contribution >= 0.6 is 23.2 Å². The van der Waals surface area contributed by atoms with Crippen LogP contribution in [0.4, 0.5) is 0 Å². The molecule has 0 N–H and O–H groups in total. The molecular formula is C10H18Cl2O2Si2. The molecule has 0 spiro atoms. The average molecular weight is 297 g/mol. The molecule has 1 aliphatic rings. The van der Waals surface area contributed by atoms with E-state index in [0.717, 1.165) is 10.6 Å². The van der Waals surface area contributed by atoms with E-state index in [1.807, 2.05) is 0 Å². The molecule has 0 saturated carbocycles. The normalized spacial score (nSPS) is 21.4. The molecule has 6 heteroatoms. The molecule has 0 unspecified atom stereocenters. The molecule has 1 heterocycles. The fourth-order valence-corrected chi connectivity index (χ4v) is 7.48. The second kappa shape index (κ2) is 3.87. The van der Waals surface area contributed by atoms with E-state index >= 15 is 0 Å². The minimum absolute atomic E-state index is 0.243. The van der Waals surface area contributed by atoms with Gasteiger partial charge in [0.1, 0.15) is 8.07 Å². The number of hydrogen-bond donors (Lipinski definition) is 0. The highest BCUT2D eigenvalue weighted by Gasteiger charge is 2.53. The van der Waals surface area contributed by atoms with Crippen molar-refractivity contribution in [1.82, 2.24) is 0 Å². The second-order valence-electron chi connectivity index (χ2n) is 6.15. The van der Waals surface area contributed by atoms with Gasteiger partial charge in [-0.15, -0.1) is 0 Å². The predicted molar refractivity (Wildman–Crippen MR) is 74.2 cm³/mol. The smallest absolute Gasteiger partial charge is 0.321 e. The van der Waals surface area contributed by atoms with Gasteiger partial charge in [0.15, 0.2) is 0 Å². The monoisotopic (exact) mass is 296 g/mol. The largest absolute Gasteiger partial charge is 0.461 e. The Hall–Kier alpha value is 0.224. The van der Waals surface area contributed by atoms with Gasteiger partial charge in [-0.05, 0) is 23.2 Å². The lowest BCUT2D eigenvalue weighted by Crippen LogP contribution is -2.35. The van der Waals surface area contributed by atoms with Gasteiger partial charge in [0.05, 0.1) is 13.5 Å². The van der Waals surface area contributed by atoms with Crippen LogP contribution in [-0.2, 0) is 9.53 Å². The van der Waals surface area contributed by atoms with Crippen molar-refractivity contribution in [2.24, 2.45) is 0 Å². The molecule has 0 aliphatic carbocycles. The van der Waals surface area contributed by atoms with E-state index in [0.29, 0.717) is 0 Å². The molecule has 0 aromatic heterocycles. The van der Waals surface area contributed by atoms with Crippen LogP contribution in [-0.4, -0.2) is 26.5 Å². The Morgan fingerprint density at radius 2 is 1.44 bits per heavy atom. The van der Waals surface area contributed by atoms with Gasteiger partial charge >= 0.3 is 4.52 Å². The number of ketones is 1. The number of alkyl halides is 2. The third-order valence-electron chi connectivity index (χ3n) is 2.38. The first-order valence-corrected chi connectivity index (χ1v) is 13.0. The molecule has 2 nitrogen and oxygen atoms in total. The Balaban J connectivity index is 3.38. The third-order valence-corrected chi connectivity index (χ3v) is 6.80. The molecule has 0 amide bonds. The van der Waals surface area contributed by atoms with Gasteiger partial charge in [0.2, 0.25) is 5.78 Å².